The number of benzene rings is 3. The van der Waals surface area contributed by atoms with Gasteiger partial charge >= 0.3 is 5.97 Å². The third-order valence-electron chi connectivity index (χ3n) is 8.06. The summed E-state index contributed by atoms with van der Waals surface area (Å²) in [6.07, 6.45) is 4.96. The molecule has 10 heteroatoms. The van der Waals surface area contributed by atoms with E-state index in [0.29, 0.717) is 37.0 Å². The Kier molecular flexibility index (Phi) is 11.8. The Bertz CT molecular complexity index is 1590. The zero-order valence-electron chi connectivity index (χ0n) is 25.6. The lowest BCUT2D eigenvalue weighted by molar-refractivity contribution is -0.142. The molecule has 238 valence electrons. The van der Waals surface area contributed by atoms with Crippen molar-refractivity contribution in [3.63, 3.8) is 0 Å². The molecular formula is C35H41N3O6S. The van der Waals surface area contributed by atoms with Crippen molar-refractivity contribution in [3.05, 3.63) is 90.0 Å². The second-order valence-electron chi connectivity index (χ2n) is 11.6. The van der Waals surface area contributed by atoms with Crippen LogP contribution in [-0.4, -0.2) is 59.8 Å². The van der Waals surface area contributed by atoms with Gasteiger partial charge in [0.15, 0.2) is 0 Å². The summed E-state index contributed by atoms with van der Waals surface area (Å²) >= 11 is 0. The van der Waals surface area contributed by atoms with Crippen molar-refractivity contribution in [1.82, 2.24) is 9.62 Å². The van der Waals surface area contributed by atoms with Crippen LogP contribution in [0, 0.1) is 5.41 Å². The molecule has 0 radical (unpaired) electrons. The number of carbonyl (C=O) groups is 3. The molecule has 1 fully saturated rings. The SMILES string of the molecule is CC(=N)CCCCCC(=O)Cc1ccc(C[C@H](NC(=O)[C@@H]2CCCN2S(=O)(=O)c2ccc(-c3ccccc3)cc2)C(=O)O)cc1. The molecule has 0 aliphatic carbocycles. The monoisotopic (exact) mass is 631 g/mol. The van der Waals surface area contributed by atoms with Crippen LogP contribution in [0.2, 0.25) is 0 Å². The Labute approximate surface area is 265 Å². The third kappa shape index (κ3) is 9.42. The molecule has 0 spiro atoms. The van der Waals surface area contributed by atoms with Gasteiger partial charge < -0.3 is 15.8 Å². The van der Waals surface area contributed by atoms with Gasteiger partial charge in [-0.1, -0.05) is 73.2 Å². The first-order valence-corrected chi connectivity index (χ1v) is 16.8. The van der Waals surface area contributed by atoms with E-state index in [9.17, 15) is 27.9 Å². The molecule has 3 aromatic carbocycles. The lowest BCUT2D eigenvalue weighted by atomic mass is 10.00. The number of carbonyl (C=O) groups excluding carboxylic acids is 2. The largest absolute Gasteiger partial charge is 0.480 e. The maximum absolute atomic E-state index is 13.5. The normalized spacial score (nSPS) is 15.8. The van der Waals surface area contributed by atoms with E-state index in [2.05, 4.69) is 5.32 Å². The molecule has 2 atom stereocenters. The summed E-state index contributed by atoms with van der Waals surface area (Å²) in [5, 5.41) is 19.9. The Morgan fingerprint density at radius 1 is 0.889 bits per heavy atom. The summed E-state index contributed by atoms with van der Waals surface area (Å²) < 4.78 is 28.2. The van der Waals surface area contributed by atoms with Gasteiger partial charge in [-0.3, -0.25) is 9.59 Å². The highest BCUT2D eigenvalue weighted by atomic mass is 32.2. The van der Waals surface area contributed by atoms with Gasteiger partial charge in [0.05, 0.1) is 4.90 Å². The molecule has 3 aromatic rings. The highest BCUT2D eigenvalue weighted by Crippen LogP contribution is 2.28. The van der Waals surface area contributed by atoms with Crippen LogP contribution in [0.15, 0.2) is 83.8 Å². The summed E-state index contributed by atoms with van der Waals surface area (Å²) in [5.74, 6) is -1.72. The highest BCUT2D eigenvalue weighted by Gasteiger charge is 2.40. The van der Waals surface area contributed by atoms with E-state index in [1.807, 2.05) is 30.3 Å². The average Bonchev–Trinajstić information content (AvgIpc) is 3.53. The van der Waals surface area contributed by atoms with E-state index in [1.165, 1.54) is 16.4 Å². The fraction of sp³-hybridized carbons (Fsp3) is 0.371. The molecule has 1 saturated heterocycles. The maximum atomic E-state index is 13.5. The van der Waals surface area contributed by atoms with Gasteiger partial charge in [-0.05, 0) is 73.4 Å². The van der Waals surface area contributed by atoms with E-state index in [1.54, 1.807) is 43.3 Å². The number of carboxylic acid groups (broad SMARTS) is 1. The van der Waals surface area contributed by atoms with Gasteiger partial charge in [-0.15, -0.1) is 0 Å². The zero-order valence-corrected chi connectivity index (χ0v) is 26.4. The molecule has 0 unspecified atom stereocenters. The number of hydrogen-bond donors (Lipinski definition) is 3. The van der Waals surface area contributed by atoms with Gasteiger partial charge in [0.2, 0.25) is 15.9 Å². The number of amides is 1. The number of ketones is 1. The highest BCUT2D eigenvalue weighted by molar-refractivity contribution is 7.89. The number of Topliss-reactive ketones (excluding diaryl/α,β-unsaturated/α-hetero) is 1. The molecule has 1 aliphatic heterocycles. The van der Waals surface area contributed by atoms with Crippen LogP contribution < -0.4 is 5.32 Å². The van der Waals surface area contributed by atoms with Crippen LogP contribution in [0.5, 0.6) is 0 Å². The Morgan fingerprint density at radius 3 is 2.16 bits per heavy atom. The molecule has 0 saturated carbocycles. The van der Waals surface area contributed by atoms with Gasteiger partial charge in [0.1, 0.15) is 17.9 Å². The van der Waals surface area contributed by atoms with E-state index >= 15 is 0 Å². The van der Waals surface area contributed by atoms with Crippen molar-refractivity contribution < 1.29 is 27.9 Å². The first-order chi connectivity index (χ1) is 21.5. The maximum Gasteiger partial charge on any atom is 0.326 e. The number of sulfonamides is 1. The third-order valence-corrected chi connectivity index (χ3v) is 9.98. The van der Waals surface area contributed by atoms with Crippen molar-refractivity contribution in [1.29, 1.82) is 5.41 Å². The Hall–Kier alpha value is -4.15. The second-order valence-corrected chi connectivity index (χ2v) is 13.5. The van der Waals surface area contributed by atoms with Crippen molar-refractivity contribution >= 4 is 33.4 Å². The fourth-order valence-corrected chi connectivity index (χ4v) is 7.23. The molecule has 9 nitrogen and oxygen atoms in total. The molecule has 1 amide bonds. The van der Waals surface area contributed by atoms with Crippen LogP contribution in [0.3, 0.4) is 0 Å². The van der Waals surface area contributed by atoms with E-state index in [0.717, 1.165) is 42.4 Å². The smallest absolute Gasteiger partial charge is 0.326 e. The Morgan fingerprint density at radius 2 is 1.51 bits per heavy atom. The summed E-state index contributed by atoms with van der Waals surface area (Å²) in [6.45, 7) is 1.95. The lowest BCUT2D eigenvalue weighted by Gasteiger charge is -2.25. The van der Waals surface area contributed by atoms with Crippen LogP contribution in [0.1, 0.15) is 63.0 Å². The number of rotatable bonds is 16. The summed E-state index contributed by atoms with van der Waals surface area (Å²) in [4.78, 5) is 37.8. The van der Waals surface area contributed by atoms with Gasteiger partial charge in [0.25, 0.3) is 0 Å². The minimum Gasteiger partial charge on any atom is -0.480 e. The zero-order chi connectivity index (χ0) is 32.4. The average molecular weight is 632 g/mol. The summed E-state index contributed by atoms with van der Waals surface area (Å²) in [6, 6.07) is 21.0. The molecular weight excluding hydrogens is 590 g/mol. The summed E-state index contributed by atoms with van der Waals surface area (Å²) in [5.41, 5.74) is 3.99. The van der Waals surface area contributed by atoms with Crippen molar-refractivity contribution in [2.75, 3.05) is 6.54 Å². The number of carboxylic acids is 1. The van der Waals surface area contributed by atoms with E-state index in [4.69, 9.17) is 5.41 Å². The quantitative estimate of drug-likeness (QED) is 0.142. The van der Waals surface area contributed by atoms with Crippen molar-refractivity contribution in [2.24, 2.45) is 0 Å². The molecule has 0 aromatic heterocycles. The Balaban J connectivity index is 1.34. The minimum atomic E-state index is -3.99. The van der Waals surface area contributed by atoms with Crippen LogP contribution in [0.25, 0.3) is 11.1 Å². The topological polar surface area (TPSA) is 145 Å². The van der Waals surface area contributed by atoms with Crippen LogP contribution in [0.4, 0.5) is 0 Å². The molecule has 1 aliphatic rings. The first-order valence-electron chi connectivity index (χ1n) is 15.4. The molecule has 0 bridgehead atoms. The minimum absolute atomic E-state index is 0.0160. The van der Waals surface area contributed by atoms with Crippen LogP contribution >= 0.6 is 0 Å². The standard InChI is InChI=1S/C35H41N3O6S/c1-25(36)9-4-2-7-12-30(39)23-26-14-16-27(17-15-26)24-32(35(41)42)37-34(40)33-13-8-22-38(33)45(43,44)31-20-18-29(19-21-31)28-10-5-3-6-11-28/h3,5-6,10-11,14-21,32-33,36H,2,4,7-9,12-13,22-24H2,1H3,(H,37,40)(H,41,42)/t32-,33-/m0/s1. The number of hydrogen-bond acceptors (Lipinski definition) is 6. The van der Waals surface area contributed by atoms with E-state index in [-0.39, 0.29) is 23.6 Å². The van der Waals surface area contributed by atoms with Crippen molar-refractivity contribution in [2.45, 2.75) is 81.7 Å². The molecule has 1 heterocycles. The van der Waals surface area contributed by atoms with Crippen LogP contribution in [-0.2, 0) is 37.2 Å². The first kappa shape index (κ1) is 33.7. The molecule has 45 heavy (non-hydrogen) atoms. The molecule has 4 rings (SSSR count). The summed E-state index contributed by atoms with van der Waals surface area (Å²) in [7, 11) is -3.99. The number of nitrogens with one attached hydrogen (secondary N) is 2. The van der Waals surface area contributed by atoms with E-state index < -0.39 is 34.0 Å². The number of unbranched alkanes of at least 4 members (excludes halogenated alkanes) is 2. The van der Waals surface area contributed by atoms with Gasteiger partial charge in [-0.2, -0.15) is 4.31 Å². The predicted molar refractivity (Wildman–Crippen MR) is 174 cm³/mol. The lowest BCUT2D eigenvalue weighted by Crippen LogP contribution is -2.51. The van der Waals surface area contributed by atoms with Gasteiger partial charge in [0, 0.05) is 31.5 Å². The predicted octanol–water partition coefficient (Wildman–Crippen LogP) is 5.42. The fourth-order valence-electron chi connectivity index (χ4n) is 5.58. The number of aliphatic carboxylic acids is 1. The van der Waals surface area contributed by atoms with Crippen molar-refractivity contribution in [3.8, 4) is 11.1 Å². The number of nitrogens with zero attached hydrogens (tertiary/aromatic N) is 1. The van der Waals surface area contributed by atoms with Gasteiger partial charge in [-0.25, -0.2) is 13.2 Å². The second kappa shape index (κ2) is 15.7. The molecule has 3 N–H and O–H groups in total.